The van der Waals surface area contributed by atoms with Crippen LogP contribution in [0.1, 0.15) is 30.3 Å². The van der Waals surface area contributed by atoms with Crippen molar-refractivity contribution in [1.82, 2.24) is 20.5 Å². The molecular formula is C9H17N5O2. The number of hydrogen-bond acceptors (Lipinski definition) is 5. The van der Waals surface area contributed by atoms with E-state index in [1.165, 1.54) is 0 Å². The zero-order valence-corrected chi connectivity index (χ0v) is 9.40. The van der Waals surface area contributed by atoms with Gasteiger partial charge in [-0.2, -0.15) is 0 Å². The lowest BCUT2D eigenvalue weighted by atomic mass is 10.2. The van der Waals surface area contributed by atoms with Crippen molar-refractivity contribution in [1.29, 1.82) is 0 Å². The number of nitrogens with two attached hydrogens (primary N) is 1. The highest BCUT2D eigenvalue weighted by Gasteiger charge is 2.14. The van der Waals surface area contributed by atoms with Crippen LogP contribution in [0.5, 0.6) is 0 Å². The lowest BCUT2D eigenvalue weighted by Crippen LogP contribution is -2.43. The number of nitrogens with one attached hydrogen (secondary N) is 2. The van der Waals surface area contributed by atoms with Gasteiger partial charge in [-0.3, -0.25) is 9.89 Å². The van der Waals surface area contributed by atoms with Gasteiger partial charge in [-0.1, -0.05) is 6.92 Å². The molecule has 0 fully saturated rings. The molecular weight excluding hydrogens is 210 g/mol. The Hall–Kier alpha value is -1.47. The number of aryl methyl sites for hydroxylation is 1. The minimum Gasteiger partial charge on any atom is -0.392 e. The normalized spacial score (nSPS) is 14.5. The number of carbonyl (C=O) groups excluding carboxylic acids is 1. The number of rotatable bonds is 5. The molecule has 7 heteroatoms. The summed E-state index contributed by atoms with van der Waals surface area (Å²) >= 11 is 0. The standard InChI is InChI=1S/C9H17N5O2/c1-3-7-12-8(14-13-7)9(16)11-4-6(10)5(2)15/h5-6,15H,3-4,10H2,1-2H3,(H,11,16)(H,12,13,14). The minimum absolute atomic E-state index is 0.0923. The van der Waals surface area contributed by atoms with E-state index >= 15 is 0 Å². The van der Waals surface area contributed by atoms with E-state index in [4.69, 9.17) is 10.8 Å². The largest absolute Gasteiger partial charge is 0.392 e. The van der Waals surface area contributed by atoms with Gasteiger partial charge in [0.15, 0.2) is 0 Å². The average molecular weight is 227 g/mol. The Balaban J connectivity index is 2.46. The van der Waals surface area contributed by atoms with Gasteiger partial charge in [-0.05, 0) is 6.92 Å². The maximum absolute atomic E-state index is 11.5. The van der Waals surface area contributed by atoms with Crippen LogP contribution in [0, 0.1) is 0 Å². The highest BCUT2D eigenvalue weighted by molar-refractivity contribution is 5.90. The molecule has 0 saturated carbocycles. The fourth-order valence-electron chi connectivity index (χ4n) is 1.02. The van der Waals surface area contributed by atoms with Gasteiger partial charge in [0, 0.05) is 19.0 Å². The number of aromatic amines is 1. The monoisotopic (exact) mass is 227 g/mol. The number of H-pyrrole nitrogens is 1. The maximum Gasteiger partial charge on any atom is 0.291 e. The van der Waals surface area contributed by atoms with Crippen LogP contribution in [0.2, 0.25) is 0 Å². The minimum atomic E-state index is -0.668. The number of aliphatic hydroxyl groups excluding tert-OH is 1. The van der Waals surface area contributed by atoms with Crippen LogP contribution in [0.25, 0.3) is 0 Å². The van der Waals surface area contributed by atoms with Crippen LogP contribution in [-0.2, 0) is 6.42 Å². The Kier molecular flexibility index (Phi) is 4.39. The highest BCUT2D eigenvalue weighted by Crippen LogP contribution is 1.94. The molecule has 1 heterocycles. The summed E-state index contributed by atoms with van der Waals surface area (Å²) in [5.74, 6) is 0.353. The molecule has 1 amide bonds. The molecule has 1 aromatic rings. The van der Waals surface area contributed by atoms with Crippen LogP contribution < -0.4 is 11.1 Å². The van der Waals surface area contributed by atoms with Crippen LogP contribution in [0.3, 0.4) is 0 Å². The van der Waals surface area contributed by atoms with Crippen LogP contribution in [-0.4, -0.2) is 44.9 Å². The summed E-state index contributed by atoms with van der Waals surface area (Å²) in [5.41, 5.74) is 5.56. The van der Waals surface area contributed by atoms with Crippen LogP contribution in [0.15, 0.2) is 0 Å². The summed E-state index contributed by atoms with van der Waals surface area (Å²) in [4.78, 5) is 15.5. The number of aliphatic hydroxyl groups is 1. The molecule has 1 rings (SSSR count). The summed E-state index contributed by atoms with van der Waals surface area (Å²) in [6.07, 6.45) is 0.0200. The topological polar surface area (TPSA) is 117 Å². The third-order valence-corrected chi connectivity index (χ3v) is 2.19. The molecule has 0 aliphatic rings. The number of amides is 1. The first kappa shape index (κ1) is 12.6. The molecule has 0 spiro atoms. The molecule has 5 N–H and O–H groups in total. The lowest BCUT2D eigenvalue weighted by Gasteiger charge is -2.14. The number of carbonyl (C=O) groups is 1. The molecule has 2 unspecified atom stereocenters. The molecule has 0 aliphatic carbocycles. The van der Waals surface area contributed by atoms with Gasteiger partial charge < -0.3 is 16.2 Å². The molecule has 1 aromatic heterocycles. The molecule has 0 aromatic carbocycles. The molecule has 16 heavy (non-hydrogen) atoms. The smallest absolute Gasteiger partial charge is 0.291 e. The van der Waals surface area contributed by atoms with E-state index in [2.05, 4.69) is 20.5 Å². The van der Waals surface area contributed by atoms with E-state index in [0.717, 1.165) is 0 Å². The van der Waals surface area contributed by atoms with Gasteiger partial charge in [0.05, 0.1) is 6.10 Å². The van der Waals surface area contributed by atoms with E-state index in [1.54, 1.807) is 6.92 Å². The van der Waals surface area contributed by atoms with Crippen molar-refractivity contribution in [3.05, 3.63) is 11.6 Å². The molecule has 7 nitrogen and oxygen atoms in total. The van der Waals surface area contributed by atoms with Gasteiger partial charge in [0.1, 0.15) is 5.82 Å². The van der Waals surface area contributed by atoms with Crippen molar-refractivity contribution >= 4 is 5.91 Å². The third kappa shape index (κ3) is 3.28. The number of aromatic nitrogens is 3. The van der Waals surface area contributed by atoms with Crippen LogP contribution >= 0.6 is 0 Å². The fourth-order valence-corrected chi connectivity index (χ4v) is 1.02. The summed E-state index contributed by atoms with van der Waals surface area (Å²) in [6, 6.07) is -0.492. The lowest BCUT2D eigenvalue weighted by molar-refractivity contribution is 0.0927. The van der Waals surface area contributed by atoms with E-state index in [9.17, 15) is 4.79 Å². The SMILES string of the molecule is CCc1nc(C(=O)NCC(N)C(C)O)n[nH]1. The maximum atomic E-state index is 11.5. The van der Waals surface area contributed by atoms with Crippen molar-refractivity contribution in [2.45, 2.75) is 32.4 Å². The van der Waals surface area contributed by atoms with Gasteiger partial charge in [0.25, 0.3) is 5.91 Å². The van der Waals surface area contributed by atoms with Gasteiger partial charge in [0.2, 0.25) is 5.82 Å². The van der Waals surface area contributed by atoms with E-state index < -0.39 is 18.1 Å². The zero-order chi connectivity index (χ0) is 12.1. The summed E-state index contributed by atoms with van der Waals surface area (Å²) in [7, 11) is 0. The highest BCUT2D eigenvalue weighted by atomic mass is 16.3. The Labute approximate surface area is 93.4 Å². The van der Waals surface area contributed by atoms with Gasteiger partial charge in [-0.25, -0.2) is 4.98 Å². The van der Waals surface area contributed by atoms with E-state index in [-0.39, 0.29) is 12.4 Å². The van der Waals surface area contributed by atoms with Crippen molar-refractivity contribution in [3.8, 4) is 0 Å². The fraction of sp³-hybridized carbons (Fsp3) is 0.667. The zero-order valence-electron chi connectivity index (χ0n) is 9.40. The first-order valence-electron chi connectivity index (χ1n) is 5.17. The Bertz CT molecular complexity index is 349. The Morgan fingerprint density at radius 1 is 1.69 bits per heavy atom. The molecule has 0 saturated heterocycles. The summed E-state index contributed by atoms with van der Waals surface area (Å²) in [6.45, 7) is 3.66. The van der Waals surface area contributed by atoms with E-state index in [1.807, 2.05) is 6.92 Å². The van der Waals surface area contributed by atoms with Gasteiger partial charge in [-0.15, -0.1) is 5.10 Å². The predicted molar refractivity (Wildman–Crippen MR) is 57.8 cm³/mol. The molecule has 0 aliphatic heterocycles. The quantitative estimate of drug-likeness (QED) is 0.504. The molecule has 2 atom stereocenters. The van der Waals surface area contributed by atoms with E-state index in [0.29, 0.717) is 12.2 Å². The first-order chi connectivity index (χ1) is 7.54. The van der Waals surface area contributed by atoms with Crippen molar-refractivity contribution in [3.63, 3.8) is 0 Å². The summed E-state index contributed by atoms with van der Waals surface area (Å²) < 4.78 is 0. The Morgan fingerprint density at radius 3 is 2.88 bits per heavy atom. The second kappa shape index (κ2) is 5.57. The third-order valence-electron chi connectivity index (χ3n) is 2.19. The molecule has 0 bridgehead atoms. The molecule has 0 radical (unpaired) electrons. The van der Waals surface area contributed by atoms with Crippen LogP contribution in [0.4, 0.5) is 0 Å². The first-order valence-corrected chi connectivity index (χ1v) is 5.17. The summed E-state index contributed by atoms with van der Waals surface area (Å²) in [5, 5.41) is 18.1. The number of hydrogen-bond donors (Lipinski definition) is 4. The predicted octanol–water partition coefficient (Wildman–Crippen LogP) is -1.19. The second-order valence-corrected chi connectivity index (χ2v) is 3.57. The Morgan fingerprint density at radius 2 is 2.38 bits per heavy atom. The number of nitrogens with zero attached hydrogens (tertiary/aromatic N) is 2. The second-order valence-electron chi connectivity index (χ2n) is 3.57. The van der Waals surface area contributed by atoms with Crippen molar-refractivity contribution in [2.75, 3.05) is 6.54 Å². The van der Waals surface area contributed by atoms with Gasteiger partial charge >= 0.3 is 0 Å². The average Bonchev–Trinajstić information content (AvgIpc) is 2.73. The van der Waals surface area contributed by atoms with Crippen molar-refractivity contribution in [2.24, 2.45) is 5.73 Å². The molecule has 90 valence electrons. The van der Waals surface area contributed by atoms with Crippen molar-refractivity contribution < 1.29 is 9.90 Å².